The van der Waals surface area contributed by atoms with Crippen LogP contribution < -0.4 is 10.7 Å². The quantitative estimate of drug-likeness (QED) is 0.230. The number of aromatic amines is 2. The zero-order valence-corrected chi connectivity index (χ0v) is 28.2. The van der Waals surface area contributed by atoms with Gasteiger partial charge >= 0.3 is 0 Å². The molecule has 8 bridgehead atoms. The largest absolute Gasteiger partial charge is 0.356 e. The molecule has 0 saturated heterocycles. The maximum atomic E-state index is 6.07. The van der Waals surface area contributed by atoms with E-state index in [1.807, 2.05) is 0 Å². The second-order valence-electron chi connectivity index (χ2n) is 14.6. The molecule has 0 unspecified atom stereocenters. The Morgan fingerprint density at radius 3 is 2.00 bits per heavy atom. The third-order valence-corrected chi connectivity index (χ3v) is 9.92. The topological polar surface area (TPSA) is 74.8 Å². The molecule has 2 aromatic heterocycles. The molecule has 5 heterocycles. The summed E-state index contributed by atoms with van der Waals surface area (Å²) in [6.45, 7) is 13.3. The van der Waals surface area contributed by atoms with E-state index in [9.17, 15) is 0 Å². The molecule has 3 aliphatic rings. The van der Waals surface area contributed by atoms with Gasteiger partial charge in [-0.05, 0) is 61.8 Å². The standard InChI is InChI=1S/C40H44N4O2/c1-24-9-13-26(14-10-24)30-18-28-17-29-22-38(3,4)34(42-29)20-33-31(27-15-11-25(2)12-16-27)19-36(43-33)40(37(45-7)46-8)23-39(5,6)35(44-40)21-32(30)41-28/h9-21,37,41,43H,22-23H2,1-8H3/b28-17-,32-21-,34-20-/t40-/m0/s1. The SMILES string of the molecule is COC(OC)[C@@]12CC(C)(C)C(=N1)/C=c1\[nH]/c(cc1-c1ccc(C)cc1)=C\C1=NC(=C\c3[nH]c2cc3-c2ccc(C)cc2)/C(C)(C)C1. The highest BCUT2D eigenvalue weighted by Crippen LogP contribution is 2.50. The predicted octanol–water partition coefficient (Wildman–Crippen LogP) is 7.47. The number of aryl methyl sites for hydroxylation is 2. The molecule has 0 radical (unpaired) electrons. The highest BCUT2D eigenvalue weighted by molar-refractivity contribution is 6.15. The molecule has 2 N–H and O–H groups in total. The number of aromatic nitrogens is 2. The van der Waals surface area contributed by atoms with Crippen LogP contribution in [0, 0.1) is 24.7 Å². The molecule has 6 nitrogen and oxygen atoms in total. The first-order valence-corrected chi connectivity index (χ1v) is 16.2. The predicted molar refractivity (Wildman–Crippen MR) is 189 cm³/mol. The molecular weight excluding hydrogens is 568 g/mol. The average Bonchev–Trinajstić information content (AvgIpc) is 3.74. The molecular formula is C40H44N4O2. The smallest absolute Gasteiger partial charge is 0.187 e. The Hall–Kier alpha value is -4.26. The normalized spacial score (nSPS) is 23.7. The number of hydrogen-bond acceptors (Lipinski definition) is 4. The van der Waals surface area contributed by atoms with E-state index in [0.29, 0.717) is 6.42 Å². The molecule has 2 aromatic carbocycles. The summed E-state index contributed by atoms with van der Waals surface area (Å²) >= 11 is 0. The molecule has 3 aliphatic heterocycles. The maximum absolute atomic E-state index is 6.07. The van der Waals surface area contributed by atoms with E-state index in [4.69, 9.17) is 19.5 Å². The molecule has 4 aromatic rings. The van der Waals surface area contributed by atoms with Gasteiger partial charge in [-0.15, -0.1) is 0 Å². The summed E-state index contributed by atoms with van der Waals surface area (Å²) < 4.78 is 12.1. The summed E-state index contributed by atoms with van der Waals surface area (Å²) in [5, 5.41) is 2.06. The summed E-state index contributed by atoms with van der Waals surface area (Å²) in [6, 6.07) is 21.9. The number of ether oxygens (including phenoxy) is 2. The number of benzene rings is 2. The third kappa shape index (κ3) is 5.14. The first-order valence-electron chi connectivity index (χ1n) is 16.2. The highest BCUT2D eigenvalue weighted by Gasteiger charge is 2.53. The van der Waals surface area contributed by atoms with Crippen molar-refractivity contribution in [2.75, 3.05) is 14.2 Å². The van der Waals surface area contributed by atoms with Gasteiger partial charge in [-0.2, -0.15) is 0 Å². The van der Waals surface area contributed by atoms with Gasteiger partial charge in [0, 0.05) is 81.8 Å². The summed E-state index contributed by atoms with van der Waals surface area (Å²) in [7, 11) is 3.41. The van der Waals surface area contributed by atoms with Crippen LogP contribution in [-0.2, 0) is 15.0 Å². The van der Waals surface area contributed by atoms with Crippen LogP contribution in [0.4, 0.5) is 0 Å². The number of rotatable bonds is 5. The minimum atomic E-state index is -0.805. The summed E-state index contributed by atoms with van der Waals surface area (Å²) in [5.41, 5.74) is 10.9. The highest BCUT2D eigenvalue weighted by atomic mass is 16.7. The van der Waals surface area contributed by atoms with Crippen LogP contribution in [0.5, 0.6) is 0 Å². The van der Waals surface area contributed by atoms with Gasteiger partial charge in [0.05, 0.1) is 0 Å². The lowest BCUT2D eigenvalue weighted by atomic mass is 9.77. The minimum absolute atomic E-state index is 0.139. The number of methoxy groups -OCH3 is 2. The molecule has 0 saturated carbocycles. The molecule has 7 rings (SSSR count). The Balaban J connectivity index is 1.56. The Kier molecular flexibility index (Phi) is 7.22. The number of H-pyrrole nitrogens is 2. The fraction of sp³-hybridized carbons (Fsp3) is 0.350. The van der Waals surface area contributed by atoms with Crippen molar-refractivity contribution in [3.05, 3.63) is 99.6 Å². The number of fused-ring (bicyclic) bond motifs is 7. The number of nitrogens with one attached hydrogen (secondary N) is 2. The molecule has 0 amide bonds. The molecule has 0 fully saturated rings. The fourth-order valence-corrected chi connectivity index (χ4v) is 7.40. The Labute approximate surface area is 271 Å². The van der Waals surface area contributed by atoms with Gasteiger partial charge < -0.3 is 19.4 Å². The lowest BCUT2D eigenvalue weighted by Crippen LogP contribution is -2.41. The van der Waals surface area contributed by atoms with Crippen LogP contribution in [0.2, 0.25) is 0 Å². The molecule has 0 spiro atoms. The average molecular weight is 613 g/mol. The molecule has 236 valence electrons. The fourth-order valence-electron chi connectivity index (χ4n) is 7.40. The van der Waals surface area contributed by atoms with E-state index in [0.717, 1.165) is 67.9 Å². The van der Waals surface area contributed by atoms with Crippen molar-refractivity contribution in [3.8, 4) is 22.3 Å². The van der Waals surface area contributed by atoms with Crippen LogP contribution >= 0.6 is 0 Å². The van der Waals surface area contributed by atoms with Crippen molar-refractivity contribution in [1.82, 2.24) is 9.97 Å². The molecule has 0 aliphatic carbocycles. The van der Waals surface area contributed by atoms with Gasteiger partial charge in [0.1, 0.15) is 0 Å². The molecule has 46 heavy (non-hydrogen) atoms. The zero-order valence-electron chi connectivity index (χ0n) is 28.2. The van der Waals surface area contributed by atoms with Gasteiger partial charge in [0.15, 0.2) is 11.8 Å². The van der Waals surface area contributed by atoms with Crippen molar-refractivity contribution in [2.24, 2.45) is 20.8 Å². The van der Waals surface area contributed by atoms with Crippen LogP contribution in [0.1, 0.15) is 63.1 Å². The van der Waals surface area contributed by atoms with E-state index in [-0.39, 0.29) is 10.8 Å². The van der Waals surface area contributed by atoms with Gasteiger partial charge in [-0.3, -0.25) is 9.98 Å². The summed E-state index contributed by atoms with van der Waals surface area (Å²) in [4.78, 5) is 18.4. The van der Waals surface area contributed by atoms with Gasteiger partial charge in [-0.25, -0.2) is 0 Å². The first kappa shape index (κ1) is 30.4. The van der Waals surface area contributed by atoms with Gasteiger partial charge in [0.2, 0.25) is 0 Å². The Morgan fingerprint density at radius 2 is 1.37 bits per heavy atom. The van der Waals surface area contributed by atoms with Crippen molar-refractivity contribution in [2.45, 2.75) is 66.2 Å². The van der Waals surface area contributed by atoms with Crippen molar-refractivity contribution >= 4 is 29.7 Å². The van der Waals surface area contributed by atoms with Crippen LogP contribution in [0.3, 0.4) is 0 Å². The van der Waals surface area contributed by atoms with E-state index in [2.05, 4.69) is 130 Å². The molecule has 6 heteroatoms. The number of hydrogen-bond donors (Lipinski definition) is 2. The van der Waals surface area contributed by atoms with Crippen LogP contribution in [-0.4, -0.2) is 41.9 Å². The lowest BCUT2D eigenvalue weighted by Gasteiger charge is -2.34. The second-order valence-corrected chi connectivity index (χ2v) is 14.6. The van der Waals surface area contributed by atoms with Crippen LogP contribution in [0.25, 0.3) is 40.5 Å². The minimum Gasteiger partial charge on any atom is -0.356 e. The van der Waals surface area contributed by atoms with Crippen molar-refractivity contribution in [3.63, 3.8) is 0 Å². The molecule has 1 atom stereocenters. The summed E-state index contributed by atoms with van der Waals surface area (Å²) in [6.07, 6.45) is 7.62. The summed E-state index contributed by atoms with van der Waals surface area (Å²) in [5.74, 6) is 0. The Bertz CT molecular complexity index is 2030. The van der Waals surface area contributed by atoms with E-state index in [1.54, 1.807) is 14.2 Å². The second kappa shape index (κ2) is 10.9. The maximum Gasteiger partial charge on any atom is 0.187 e. The van der Waals surface area contributed by atoms with E-state index < -0.39 is 11.8 Å². The number of nitrogens with zero attached hydrogens (tertiary/aromatic N) is 2. The first-order chi connectivity index (χ1) is 21.9. The monoisotopic (exact) mass is 612 g/mol. The van der Waals surface area contributed by atoms with Crippen molar-refractivity contribution < 1.29 is 9.47 Å². The number of aliphatic imine (C=N–C) groups is 2. The van der Waals surface area contributed by atoms with Gasteiger partial charge in [0.25, 0.3) is 0 Å². The number of allylic oxidation sites excluding steroid dienone is 1. The Morgan fingerprint density at radius 1 is 0.739 bits per heavy atom. The van der Waals surface area contributed by atoms with E-state index >= 15 is 0 Å². The zero-order chi connectivity index (χ0) is 32.4. The van der Waals surface area contributed by atoms with Crippen molar-refractivity contribution in [1.29, 1.82) is 0 Å². The van der Waals surface area contributed by atoms with Gasteiger partial charge in [-0.1, -0.05) is 87.4 Å². The van der Waals surface area contributed by atoms with E-state index in [1.165, 1.54) is 11.1 Å². The lowest BCUT2D eigenvalue weighted by molar-refractivity contribution is -0.152. The van der Waals surface area contributed by atoms with Crippen LogP contribution in [0.15, 0.2) is 76.3 Å². The third-order valence-electron chi connectivity index (χ3n) is 9.92.